The predicted octanol–water partition coefficient (Wildman–Crippen LogP) is 6.77. The minimum Gasteiger partial charge on any atom is -0.494 e. The smallest absolute Gasteiger partial charge is 0.494 e. The van der Waals surface area contributed by atoms with Gasteiger partial charge in [-0.3, -0.25) is 5.09 Å². The van der Waals surface area contributed by atoms with E-state index in [9.17, 15) is 4.57 Å². The molecule has 0 unspecified atom stereocenters. The number of anilines is 1. The van der Waals surface area contributed by atoms with Crippen LogP contribution in [0.2, 0.25) is 0 Å². The number of nitrogens with one attached hydrogen (secondary N) is 1. The zero-order valence-electron chi connectivity index (χ0n) is 16.9. The van der Waals surface area contributed by atoms with Crippen molar-refractivity contribution in [1.29, 1.82) is 0 Å². The lowest BCUT2D eigenvalue weighted by molar-refractivity contribution is 0.317. The van der Waals surface area contributed by atoms with Crippen molar-refractivity contribution in [3.8, 4) is 17.2 Å². The van der Waals surface area contributed by atoms with Gasteiger partial charge in [-0.15, -0.1) is 0 Å². The standard InChI is InChI=1S/C23H26NO4P/c1-4-15-26-21-13-11-20(12-14-21)24-29(25,27-22-9-5-7-18(2)16-22)28-23-10-6-8-19(3)17-23/h5-14,16-17H,4,15H2,1-3H3,(H,24,25). The van der Waals surface area contributed by atoms with Crippen LogP contribution in [0.1, 0.15) is 24.5 Å². The molecule has 0 aliphatic carbocycles. The Hall–Kier alpha value is -2.91. The molecule has 5 nitrogen and oxygen atoms in total. The van der Waals surface area contributed by atoms with Crippen molar-refractivity contribution < 1.29 is 18.3 Å². The summed E-state index contributed by atoms with van der Waals surface area (Å²) in [5.41, 5.74) is 2.61. The van der Waals surface area contributed by atoms with Crippen LogP contribution in [0.5, 0.6) is 17.2 Å². The SMILES string of the molecule is CCCOc1ccc(NP(=O)(Oc2cccc(C)c2)Oc2cccc(C)c2)cc1. The van der Waals surface area contributed by atoms with Gasteiger partial charge in [-0.2, -0.15) is 0 Å². The van der Waals surface area contributed by atoms with Gasteiger partial charge >= 0.3 is 7.75 Å². The first-order chi connectivity index (χ1) is 14.0. The Morgan fingerprint density at radius 1 is 0.793 bits per heavy atom. The highest BCUT2D eigenvalue weighted by Crippen LogP contribution is 2.48. The Morgan fingerprint density at radius 2 is 1.34 bits per heavy atom. The molecule has 0 spiro atoms. The summed E-state index contributed by atoms with van der Waals surface area (Å²) in [6, 6.07) is 21.9. The van der Waals surface area contributed by atoms with E-state index < -0.39 is 7.75 Å². The van der Waals surface area contributed by atoms with Crippen molar-refractivity contribution in [2.24, 2.45) is 0 Å². The van der Waals surface area contributed by atoms with E-state index in [4.69, 9.17) is 13.8 Å². The number of rotatable bonds is 9. The molecular weight excluding hydrogens is 385 g/mol. The third-order valence-corrected chi connectivity index (χ3v) is 5.46. The summed E-state index contributed by atoms with van der Waals surface area (Å²) in [6.45, 7) is 6.60. The minimum absolute atomic E-state index is 0.469. The molecule has 0 bridgehead atoms. The molecule has 0 atom stereocenters. The lowest BCUT2D eigenvalue weighted by Crippen LogP contribution is -2.10. The molecule has 0 aliphatic heterocycles. The molecule has 0 aromatic heterocycles. The number of hydrogen-bond acceptors (Lipinski definition) is 4. The van der Waals surface area contributed by atoms with Crippen LogP contribution in [0.15, 0.2) is 72.8 Å². The van der Waals surface area contributed by atoms with Crippen molar-refractivity contribution in [2.75, 3.05) is 11.7 Å². The fraction of sp³-hybridized carbons (Fsp3) is 0.217. The maximum atomic E-state index is 13.6. The van der Waals surface area contributed by atoms with Gasteiger partial charge in [-0.25, -0.2) is 4.57 Å². The average Bonchev–Trinajstić information content (AvgIpc) is 2.67. The van der Waals surface area contributed by atoms with E-state index in [1.807, 2.05) is 62.4 Å². The van der Waals surface area contributed by atoms with E-state index in [-0.39, 0.29) is 0 Å². The van der Waals surface area contributed by atoms with Gasteiger partial charge in [-0.05, 0) is 79.9 Å². The van der Waals surface area contributed by atoms with E-state index in [1.165, 1.54) is 0 Å². The molecule has 3 aromatic carbocycles. The number of benzene rings is 3. The van der Waals surface area contributed by atoms with Crippen LogP contribution in [-0.2, 0) is 4.57 Å². The first-order valence-corrected chi connectivity index (χ1v) is 11.1. The summed E-state index contributed by atoms with van der Waals surface area (Å²) in [5, 5.41) is 2.93. The van der Waals surface area contributed by atoms with Crippen LogP contribution in [0.4, 0.5) is 5.69 Å². The number of ether oxygens (including phenoxy) is 1. The second-order valence-corrected chi connectivity index (χ2v) is 8.38. The molecule has 1 N–H and O–H groups in total. The van der Waals surface area contributed by atoms with Gasteiger partial charge in [0.15, 0.2) is 0 Å². The summed E-state index contributed by atoms with van der Waals surface area (Å²) in [4.78, 5) is 0. The molecule has 3 aromatic rings. The molecular formula is C23H26NO4P. The van der Waals surface area contributed by atoms with Gasteiger partial charge in [0.1, 0.15) is 17.2 Å². The van der Waals surface area contributed by atoms with Crippen LogP contribution in [0, 0.1) is 13.8 Å². The average molecular weight is 411 g/mol. The van der Waals surface area contributed by atoms with Crippen LogP contribution >= 0.6 is 7.75 Å². The highest BCUT2D eigenvalue weighted by atomic mass is 31.2. The molecule has 0 aliphatic rings. The molecule has 0 amide bonds. The highest BCUT2D eigenvalue weighted by molar-refractivity contribution is 7.56. The number of aryl methyl sites for hydroxylation is 2. The summed E-state index contributed by atoms with van der Waals surface area (Å²) in [6.07, 6.45) is 0.934. The van der Waals surface area contributed by atoms with Gasteiger partial charge in [0.05, 0.1) is 6.61 Å². The Bertz CT molecular complexity index is 937. The third kappa shape index (κ3) is 6.30. The summed E-state index contributed by atoms with van der Waals surface area (Å²) < 4.78 is 30.8. The van der Waals surface area contributed by atoms with E-state index >= 15 is 0 Å². The van der Waals surface area contributed by atoms with Gasteiger partial charge < -0.3 is 13.8 Å². The summed E-state index contributed by atoms with van der Waals surface area (Å²) >= 11 is 0. The maximum absolute atomic E-state index is 13.6. The Kier molecular flexibility index (Phi) is 6.84. The molecule has 3 rings (SSSR count). The lowest BCUT2D eigenvalue weighted by atomic mass is 10.2. The summed E-state index contributed by atoms with van der Waals surface area (Å²) in [7, 11) is -3.75. The van der Waals surface area contributed by atoms with Crippen molar-refractivity contribution in [3.05, 3.63) is 83.9 Å². The third-order valence-electron chi connectivity index (χ3n) is 4.02. The van der Waals surface area contributed by atoms with Gasteiger partial charge in [0, 0.05) is 5.69 Å². The normalized spacial score (nSPS) is 11.0. The predicted molar refractivity (Wildman–Crippen MR) is 117 cm³/mol. The van der Waals surface area contributed by atoms with E-state index in [1.54, 1.807) is 24.3 Å². The first-order valence-electron chi connectivity index (χ1n) is 9.59. The van der Waals surface area contributed by atoms with E-state index in [0.29, 0.717) is 23.8 Å². The Balaban J connectivity index is 1.84. The Labute approximate surface area is 172 Å². The second-order valence-electron chi connectivity index (χ2n) is 6.80. The van der Waals surface area contributed by atoms with Gasteiger partial charge in [-0.1, -0.05) is 31.2 Å². The maximum Gasteiger partial charge on any atom is 0.541 e. The topological polar surface area (TPSA) is 56.8 Å². The largest absolute Gasteiger partial charge is 0.541 e. The Morgan fingerprint density at radius 3 is 1.83 bits per heavy atom. The molecule has 29 heavy (non-hydrogen) atoms. The molecule has 152 valence electrons. The second kappa shape index (κ2) is 9.53. The van der Waals surface area contributed by atoms with E-state index in [0.717, 1.165) is 23.3 Å². The monoisotopic (exact) mass is 411 g/mol. The fourth-order valence-corrected chi connectivity index (χ4v) is 4.07. The van der Waals surface area contributed by atoms with Crippen molar-refractivity contribution in [2.45, 2.75) is 27.2 Å². The lowest BCUT2D eigenvalue weighted by Gasteiger charge is -2.21. The minimum atomic E-state index is -3.75. The van der Waals surface area contributed by atoms with Crippen LogP contribution in [0.25, 0.3) is 0 Å². The first kappa shape index (κ1) is 20.8. The summed E-state index contributed by atoms with van der Waals surface area (Å²) in [5.74, 6) is 1.69. The van der Waals surface area contributed by atoms with Crippen LogP contribution < -0.4 is 18.9 Å². The quantitative estimate of drug-likeness (QED) is 0.394. The molecule has 6 heteroatoms. The zero-order valence-corrected chi connectivity index (χ0v) is 17.8. The molecule has 0 saturated carbocycles. The van der Waals surface area contributed by atoms with Gasteiger partial charge in [0.25, 0.3) is 0 Å². The highest BCUT2D eigenvalue weighted by Gasteiger charge is 2.29. The van der Waals surface area contributed by atoms with Crippen molar-refractivity contribution in [1.82, 2.24) is 0 Å². The van der Waals surface area contributed by atoms with E-state index in [2.05, 4.69) is 12.0 Å². The molecule has 0 saturated heterocycles. The molecule has 0 fully saturated rings. The fourth-order valence-electron chi connectivity index (χ4n) is 2.69. The zero-order chi connectivity index (χ0) is 20.7. The molecule has 0 radical (unpaired) electrons. The van der Waals surface area contributed by atoms with Crippen LogP contribution in [-0.4, -0.2) is 6.61 Å². The number of hydrogen-bond donors (Lipinski definition) is 1. The van der Waals surface area contributed by atoms with Crippen molar-refractivity contribution >= 4 is 13.4 Å². The van der Waals surface area contributed by atoms with Crippen LogP contribution in [0.3, 0.4) is 0 Å². The molecule has 0 heterocycles. The van der Waals surface area contributed by atoms with Gasteiger partial charge in [0.2, 0.25) is 0 Å². The van der Waals surface area contributed by atoms with Crippen molar-refractivity contribution in [3.63, 3.8) is 0 Å².